The molecule has 0 saturated carbocycles. The van der Waals surface area contributed by atoms with E-state index >= 15 is 0 Å². The van der Waals surface area contributed by atoms with E-state index in [1.807, 2.05) is 25.7 Å². The Morgan fingerprint density at radius 3 is 2.86 bits per heavy atom. The van der Waals surface area contributed by atoms with Crippen LogP contribution < -0.4 is 10.1 Å². The normalized spacial score (nSPS) is 23.5. The number of morpholine rings is 1. The van der Waals surface area contributed by atoms with Crippen LogP contribution in [0.3, 0.4) is 0 Å². The van der Waals surface area contributed by atoms with Gasteiger partial charge in [0.05, 0.1) is 37.1 Å². The lowest BCUT2D eigenvalue weighted by Crippen LogP contribution is -2.49. The fraction of sp³-hybridized carbons (Fsp3) is 0.800. The second-order valence-corrected chi connectivity index (χ2v) is 5.58. The number of aromatic nitrogens is 2. The maximum absolute atomic E-state index is 6.03. The van der Waals surface area contributed by atoms with Crippen LogP contribution in [0.5, 0.6) is 5.88 Å². The highest BCUT2D eigenvalue weighted by molar-refractivity contribution is 5.35. The minimum atomic E-state index is 0.118. The molecule has 0 aliphatic carbocycles. The van der Waals surface area contributed by atoms with Gasteiger partial charge >= 0.3 is 0 Å². The molecule has 1 aliphatic rings. The van der Waals surface area contributed by atoms with Gasteiger partial charge in [-0.05, 0) is 26.9 Å². The van der Waals surface area contributed by atoms with Crippen molar-refractivity contribution in [2.45, 2.75) is 32.4 Å². The van der Waals surface area contributed by atoms with E-state index in [9.17, 15) is 0 Å². The zero-order valence-electron chi connectivity index (χ0n) is 13.8. The minimum absolute atomic E-state index is 0.118. The van der Waals surface area contributed by atoms with Crippen LogP contribution in [-0.2, 0) is 11.8 Å². The summed E-state index contributed by atoms with van der Waals surface area (Å²) in [6, 6.07) is 0.190. The second-order valence-electron chi connectivity index (χ2n) is 5.58. The van der Waals surface area contributed by atoms with Crippen molar-refractivity contribution < 1.29 is 9.47 Å². The number of rotatable bonds is 6. The number of methoxy groups -OCH3 is 1. The molecule has 0 spiro atoms. The fourth-order valence-corrected chi connectivity index (χ4v) is 3.30. The molecule has 0 aromatic carbocycles. The number of aryl methyl sites for hydroxylation is 2. The molecule has 1 N–H and O–H groups in total. The van der Waals surface area contributed by atoms with Gasteiger partial charge in [-0.3, -0.25) is 4.90 Å². The monoisotopic (exact) mass is 296 g/mol. The van der Waals surface area contributed by atoms with E-state index in [4.69, 9.17) is 9.47 Å². The van der Waals surface area contributed by atoms with Gasteiger partial charge in [0.25, 0.3) is 0 Å². The van der Waals surface area contributed by atoms with Gasteiger partial charge in [-0.2, -0.15) is 5.10 Å². The Labute approximate surface area is 127 Å². The number of ether oxygens (including phenoxy) is 2. The molecule has 1 fully saturated rings. The van der Waals surface area contributed by atoms with Crippen LogP contribution in [0.15, 0.2) is 0 Å². The highest BCUT2D eigenvalue weighted by Crippen LogP contribution is 2.37. The van der Waals surface area contributed by atoms with Crippen molar-refractivity contribution in [2.24, 2.45) is 7.05 Å². The summed E-state index contributed by atoms with van der Waals surface area (Å²) in [6.07, 6.45) is 1.25. The van der Waals surface area contributed by atoms with E-state index in [-0.39, 0.29) is 12.1 Å². The lowest BCUT2D eigenvalue weighted by molar-refractivity contribution is -0.0712. The van der Waals surface area contributed by atoms with Crippen LogP contribution in [-0.4, -0.2) is 61.2 Å². The molecule has 1 aromatic rings. The summed E-state index contributed by atoms with van der Waals surface area (Å²) < 4.78 is 13.4. The highest BCUT2D eigenvalue weighted by atomic mass is 16.5. The van der Waals surface area contributed by atoms with Crippen LogP contribution in [0.2, 0.25) is 0 Å². The molecule has 1 aromatic heterocycles. The van der Waals surface area contributed by atoms with Crippen molar-refractivity contribution in [1.29, 1.82) is 0 Å². The van der Waals surface area contributed by atoms with Crippen LogP contribution in [0, 0.1) is 6.92 Å². The van der Waals surface area contributed by atoms with Gasteiger partial charge in [0, 0.05) is 20.1 Å². The van der Waals surface area contributed by atoms with Crippen LogP contribution in [0.1, 0.15) is 30.6 Å². The van der Waals surface area contributed by atoms with Crippen molar-refractivity contribution >= 4 is 0 Å². The molecular weight excluding hydrogens is 268 g/mol. The van der Waals surface area contributed by atoms with E-state index in [1.165, 1.54) is 0 Å². The third-order valence-electron chi connectivity index (χ3n) is 4.08. The average molecular weight is 296 g/mol. The Bertz CT molecular complexity index is 443. The van der Waals surface area contributed by atoms with Crippen molar-refractivity contribution in [3.63, 3.8) is 0 Å². The number of hydrogen-bond acceptors (Lipinski definition) is 5. The summed E-state index contributed by atoms with van der Waals surface area (Å²) in [7, 11) is 5.60. The lowest BCUT2D eigenvalue weighted by atomic mass is 9.97. The molecule has 120 valence electrons. The van der Waals surface area contributed by atoms with Gasteiger partial charge in [-0.25, -0.2) is 4.68 Å². The largest absolute Gasteiger partial charge is 0.481 e. The molecule has 6 nitrogen and oxygen atoms in total. The fourth-order valence-electron chi connectivity index (χ4n) is 3.30. The van der Waals surface area contributed by atoms with Crippen molar-refractivity contribution in [3.05, 3.63) is 11.3 Å². The Morgan fingerprint density at radius 1 is 1.48 bits per heavy atom. The molecule has 0 amide bonds. The maximum Gasteiger partial charge on any atom is 0.216 e. The molecule has 1 aliphatic heterocycles. The van der Waals surface area contributed by atoms with Gasteiger partial charge < -0.3 is 14.8 Å². The highest BCUT2D eigenvalue weighted by Gasteiger charge is 2.37. The first-order valence-corrected chi connectivity index (χ1v) is 7.71. The van der Waals surface area contributed by atoms with Gasteiger partial charge in [0.2, 0.25) is 5.88 Å². The summed E-state index contributed by atoms with van der Waals surface area (Å²) in [4.78, 5) is 2.50. The van der Waals surface area contributed by atoms with E-state index in [0.717, 1.165) is 49.8 Å². The summed E-state index contributed by atoms with van der Waals surface area (Å²) >= 11 is 0. The van der Waals surface area contributed by atoms with E-state index < -0.39 is 0 Å². The molecule has 6 heteroatoms. The van der Waals surface area contributed by atoms with E-state index in [1.54, 1.807) is 7.11 Å². The van der Waals surface area contributed by atoms with Crippen molar-refractivity contribution in [2.75, 3.05) is 40.4 Å². The van der Waals surface area contributed by atoms with Crippen LogP contribution >= 0.6 is 0 Å². The number of hydrogen-bond donors (Lipinski definition) is 1. The Kier molecular flexibility index (Phi) is 5.61. The van der Waals surface area contributed by atoms with Crippen molar-refractivity contribution in [1.82, 2.24) is 20.0 Å². The molecule has 0 radical (unpaired) electrons. The predicted molar refractivity (Wildman–Crippen MR) is 82.8 cm³/mol. The SMILES string of the molecule is CCCN1CCOC(CNC)C1c1c(C)nn(C)c1OC. The molecule has 21 heavy (non-hydrogen) atoms. The average Bonchev–Trinajstić information content (AvgIpc) is 2.74. The van der Waals surface area contributed by atoms with Crippen LogP contribution in [0.4, 0.5) is 0 Å². The molecule has 2 atom stereocenters. The third-order valence-corrected chi connectivity index (χ3v) is 4.08. The standard InChI is InChI=1S/C15H28N4O2/c1-6-7-19-8-9-21-12(10-16-3)14(19)13-11(2)17-18(4)15(13)20-5/h12,14,16H,6-10H2,1-5H3. The van der Waals surface area contributed by atoms with Gasteiger partial charge in [-0.15, -0.1) is 0 Å². The summed E-state index contributed by atoms with van der Waals surface area (Å²) in [5.41, 5.74) is 2.18. The quantitative estimate of drug-likeness (QED) is 0.852. The first-order chi connectivity index (χ1) is 10.1. The van der Waals surface area contributed by atoms with E-state index in [0.29, 0.717) is 0 Å². The zero-order valence-corrected chi connectivity index (χ0v) is 13.8. The molecular formula is C15H28N4O2. The Hall–Kier alpha value is -1.11. The van der Waals surface area contributed by atoms with E-state index in [2.05, 4.69) is 22.2 Å². The predicted octanol–water partition coefficient (Wildman–Crippen LogP) is 1.11. The van der Waals surface area contributed by atoms with Crippen molar-refractivity contribution in [3.8, 4) is 5.88 Å². The van der Waals surface area contributed by atoms with Gasteiger partial charge in [0.15, 0.2) is 0 Å². The number of likely N-dealkylation sites (N-methyl/N-ethyl adjacent to an activating group) is 1. The first-order valence-electron chi connectivity index (χ1n) is 7.71. The number of nitrogens with zero attached hydrogens (tertiary/aromatic N) is 3. The molecule has 2 heterocycles. The zero-order chi connectivity index (χ0) is 15.4. The Morgan fingerprint density at radius 2 is 2.24 bits per heavy atom. The molecule has 1 saturated heterocycles. The summed E-state index contributed by atoms with van der Waals surface area (Å²) in [5, 5.41) is 7.78. The molecule has 0 bridgehead atoms. The van der Waals surface area contributed by atoms with Gasteiger partial charge in [0.1, 0.15) is 0 Å². The molecule has 2 rings (SSSR count). The number of nitrogens with one attached hydrogen (secondary N) is 1. The minimum Gasteiger partial charge on any atom is -0.481 e. The topological polar surface area (TPSA) is 51.5 Å². The Balaban J connectivity index is 2.41. The lowest BCUT2D eigenvalue weighted by Gasteiger charge is -2.41. The smallest absolute Gasteiger partial charge is 0.216 e. The first kappa shape index (κ1) is 16.3. The summed E-state index contributed by atoms with van der Waals surface area (Å²) in [5.74, 6) is 0.838. The third kappa shape index (κ3) is 3.22. The maximum atomic E-state index is 6.03. The van der Waals surface area contributed by atoms with Crippen LogP contribution in [0.25, 0.3) is 0 Å². The molecule has 2 unspecified atom stereocenters. The summed E-state index contributed by atoms with van der Waals surface area (Å²) in [6.45, 7) is 7.88. The van der Waals surface area contributed by atoms with Gasteiger partial charge in [-0.1, -0.05) is 6.92 Å². The second kappa shape index (κ2) is 7.24.